The van der Waals surface area contributed by atoms with Crippen molar-refractivity contribution in [2.75, 3.05) is 0 Å². The van der Waals surface area contributed by atoms with E-state index in [0.29, 0.717) is 0 Å². The van der Waals surface area contributed by atoms with E-state index in [1.54, 1.807) is 0 Å². The number of hydrogen-bond acceptors (Lipinski definition) is 0. The lowest BCUT2D eigenvalue weighted by Gasteiger charge is -2.32. The van der Waals surface area contributed by atoms with Gasteiger partial charge < -0.3 is 0 Å². The Labute approximate surface area is 160 Å². The Morgan fingerprint density at radius 3 is 1.76 bits per heavy atom. The van der Waals surface area contributed by atoms with Gasteiger partial charge in [0.2, 0.25) is 0 Å². The molecule has 0 radical (unpaired) electrons. The van der Waals surface area contributed by atoms with Gasteiger partial charge in [-0.25, -0.2) is 0 Å². The zero-order valence-electron chi connectivity index (χ0n) is 15.8. The minimum atomic E-state index is 0.772. The lowest BCUT2D eigenvalue weighted by molar-refractivity contribution is 0.225. The summed E-state index contributed by atoms with van der Waals surface area (Å²) in [6.45, 7) is 3.86. The van der Waals surface area contributed by atoms with Crippen LogP contribution in [0.2, 0.25) is 5.02 Å². The molecule has 1 aromatic carbocycles. The highest BCUT2D eigenvalue weighted by atomic mass is 35.5. The molecule has 3 rings (SSSR count). The molecular formula is C24H35Cl. The van der Waals surface area contributed by atoms with Gasteiger partial charge in [-0.2, -0.15) is 0 Å². The van der Waals surface area contributed by atoms with Crippen molar-refractivity contribution < 1.29 is 0 Å². The quantitative estimate of drug-likeness (QED) is 0.431. The van der Waals surface area contributed by atoms with Crippen molar-refractivity contribution in [3.63, 3.8) is 0 Å². The summed E-state index contributed by atoms with van der Waals surface area (Å²) < 4.78 is 0. The first-order valence-electron chi connectivity index (χ1n) is 10.6. The van der Waals surface area contributed by atoms with Gasteiger partial charge in [-0.1, -0.05) is 68.3 Å². The molecule has 25 heavy (non-hydrogen) atoms. The fourth-order valence-corrected chi connectivity index (χ4v) is 5.28. The van der Waals surface area contributed by atoms with Gasteiger partial charge in [-0.15, -0.1) is 6.58 Å². The van der Waals surface area contributed by atoms with Gasteiger partial charge in [0.05, 0.1) is 0 Å². The lowest BCUT2D eigenvalue weighted by Crippen LogP contribution is -2.17. The van der Waals surface area contributed by atoms with Gasteiger partial charge in [0, 0.05) is 5.02 Å². The van der Waals surface area contributed by atoms with Gasteiger partial charge in [0.25, 0.3) is 0 Å². The van der Waals surface area contributed by atoms with E-state index in [9.17, 15) is 0 Å². The second kappa shape index (κ2) is 9.81. The first-order valence-corrected chi connectivity index (χ1v) is 11.0. The van der Waals surface area contributed by atoms with Crippen LogP contribution in [0.5, 0.6) is 0 Å². The highest BCUT2D eigenvalue weighted by Crippen LogP contribution is 2.40. The Bertz CT molecular complexity index is 501. The molecule has 1 aromatic rings. The molecule has 0 unspecified atom stereocenters. The van der Waals surface area contributed by atoms with E-state index in [1.807, 2.05) is 12.1 Å². The van der Waals surface area contributed by atoms with Crippen LogP contribution in [0.4, 0.5) is 0 Å². The lowest BCUT2D eigenvalue weighted by atomic mass is 9.74. The summed E-state index contributed by atoms with van der Waals surface area (Å²) in [6, 6.07) is 8.57. The Kier molecular flexibility index (Phi) is 7.47. The van der Waals surface area contributed by atoms with Gasteiger partial charge >= 0.3 is 0 Å². The average Bonchev–Trinajstić information content (AvgIpc) is 2.67. The van der Waals surface area contributed by atoms with E-state index in [0.717, 1.165) is 28.7 Å². The molecule has 0 aromatic heterocycles. The smallest absolute Gasteiger partial charge is 0.0406 e. The molecule has 0 nitrogen and oxygen atoms in total. The van der Waals surface area contributed by atoms with Crippen LogP contribution in [0, 0.1) is 17.8 Å². The van der Waals surface area contributed by atoms with E-state index >= 15 is 0 Å². The zero-order chi connectivity index (χ0) is 17.5. The molecule has 0 atom stereocenters. The summed E-state index contributed by atoms with van der Waals surface area (Å²) >= 11 is 6.02. The Balaban J connectivity index is 1.33. The normalized spacial score (nSPS) is 30.1. The molecular weight excluding hydrogens is 324 g/mol. The van der Waals surface area contributed by atoms with Crippen LogP contribution in [-0.4, -0.2) is 0 Å². The van der Waals surface area contributed by atoms with Crippen LogP contribution in [0.1, 0.15) is 88.5 Å². The maximum Gasteiger partial charge on any atom is 0.0406 e. The minimum absolute atomic E-state index is 0.772. The topological polar surface area (TPSA) is 0 Å². The first kappa shape index (κ1) is 19.0. The van der Waals surface area contributed by atoms with Crippen molar-refractivity contribution >= 4 is 11.6 Å². The van der Waals surface area contributed by atoms with Crippen LogP contribution in [0.15, 0.2) is 36.9 Å². The van der Waals surface area contributed by atoms with Crippen molar-refractivity contribution in [3.05, 3.63) is 47.5 Å². The summed E-state index contributed by atoms with van der Waals surface area (Å²) in [5, 5.41) is 0.858. The summed E-state index contributed by atoms with van der Waals surface area (Å²) in [4.78, 5) is 0. The number of allylic oxidation sites excluding steroid dienone is 1. The second-order valence-electron chi connectivity index (χ2n) is 8.60. The van der Waals surface area contributed by atoms with E-state index in [1.165, 1.54) is 82.6 Å². The summed E-state index contributed by atoms with van der Waals surface area (Å²) in [5.74, 6) is 3.77. The monoisotopic (exact) mass is 358 g/mol. The van der Waals surface area contributed by atoms with Crippen LogP contribution >= 0.6 is 11.6 Å². The summed E-state index contributed by atoms with van der Waals surface area (Å²) in [7, 11) is 0. The standard InChI is InChI=1S/C24H35Cl/c1-2-3-4-19-5-7-20(8-6-19)9-10-21-11-13-22(14-12-21)23-15-17-24(25)18-16-23/h2,15-22H,1,3-14H2/t19-,20-,21-,22-. The predicted molar refractivity (Wildman–Crippen MR) is 110 cm³/mol. The molecule has 0 amide bonds. The molecule has 0 aliphatic heterocycles. The zero-order valence-corrected chi connectivity index (χ0v) is 16.5. The maximum absolute atomic E-state index is 6.02. The van der Waals surface area contributed by atoms with Gasteiger partial charge in [0.1, 0.15) is 0 Å². The molecule has 138 valence electrons. The van der Waals surface area contributed by atoms with Gasteiger partial charge in [-0.05, 0) is 79.9 Å². The van der Waals surface area contributed by atoms with Crippen LogP contribution in [0.3, 0.4) is 0 Å². The van der Waals surface area contributed by atoms with Gasteiger partial charge in [0.15, 0.2) is 0 Å². The van der Waals surface area contributed by atoms with Gasteiger partial charge in [-0.3, -0.25) is 0 Å². The van der Waals surface area contributed by atoms with Crippen LogP contribution in [-0.2, 0) is 0 Å². The van der Waals surface area contributed by atoms with Crippen LogP contribution < -0.4 is 0 Å². The Morgan fingerprint density at radius 1 is 0.760 bits per heavy atom. The Morgan fingerprint density at radius 2 is 1.24 bits per heavy atom. The van der Waals surface area contributed by atoms with Crippen LogP contribution in [0.25, 0.3) is 0 Å². The van der Waals surface area contributed by atoms with Crippen molar-refractivity contribution in [2.24, 2.45) is 17.8 Å². The molecule has 0 saturated heterocycles. The fourth-order valence-electron chi connectivity index (χ4n) is 5.15. The van der Waals surface area contributed by atoms with E-state index in [2.05, 4.69) is 24.8 Å². The third-order valence-corrected chi connectivity index (χ3v) is 7.17. The highest BCUT2D eigenvalue weighted by molar-refractivity contribution is 6.30. The van der Waals surface area contributed by atoms with E-state index in [-0.39, 0.29) is 0 Å². The number of halogens is 1. The molecule has 1 heteroatoms. The molecule has 2 aliphatic rings. The molecule has 0 N–H and O–H groups in total. The number of hydrogen-bond donors (Lipinski definition) is 0. The summed E-state index contributed by atoms with van der Waals surface area (Å²) in [6.07, 6.45) is 19.2. The molecule has 2 aliphatic carbocycles. The maximum atomic E-state index is 6.02. The second-order valence-corrected chi connectivity index (χ2v) is 9.04. The van der Waals surface area contributed by atoms with Crippen molar-refractivity contribution in [1.82, 2.24) is 0 Å². The predicted octanol–water partition coefficient (Wildman–Crippen LogP) is 8.17. The summed E-state index contributed by atoms with van der Waals surface area (Å²) in [5.41, 5.74) is 1.50. The van der Waals surface area contributed by atoms with Crippen molar-refractivity contribution in [2.45, 2.75) is 83.0 Å². The molecule has 0 spiro atoms. The molecule has 2 saturated carbocycles. The third kappa shape index (κ3) is 5.88. The SMILES string of the molecule is C=CCC[C@H]1CC[C@H](CC[C@H]2CC[C@H](c3ccc(Cl)cc3)CC2)CC1. The minimum Gasteiger partial charge on any atom is -0.103 e. The molecule has 2 fully saturated rings. The largest absolute Gasteiger partial charge is 0.103 e. The molecule has 0 heterocycles. The highest BCUT2D eigenvalue weighted by Gasteiger charge is 2.25. The van der Waals surface area contributed by atoms with Crippen molar-refractivity contribution in [1.29, 1.82) is 0 Å². The number of rotatable bonds is 7. The fraction of sp³-hybridized carbons (Fsp3) is 0.667. The van der Waals surface area contributed by atoms with Crippen molar-refractivity contribution in [3.8, 4) is 0 Å². The van der Waals surface area contributed by atoms with E-state index < -0.39 is 0 Å². The van der Waals surface area contributed by atoms with E-state index in [4.69, 9.17) is 11.6 Å². The third-order valence-electron chi connectivity index (χ3n) is 6.92. The average molecular weight is 359 g/mol. The first-order chi connectivity index (χ1) is 12.2. The number of benzene rings is 1. The molecule has 0 bridgehead atoms. The Hall–Kier alpha value is -0.750.